The zero-order chi connectivity index (χ0) is 26.7. The van der Waals surface area contributed by atoms with Crippen molar-refractivity contribution in [2.45, 2.75) is 51.7 Å². The van der Waals surface area contributed by atoms with Gasteiger partial charge in [-0.05, 0) is 48.2 Å². The van der Waals surface area contributed by atoms with Gasteiger partial charge in [-0.25, -0.2) is 0 Å². The summed E-state index contributed by atoms with van der Waals surface area (Å²) >= 11 is 0. The molecule has 0 aliphatic carbocycles. The van der Waals surface area contributed by atoms with E-state index in [9.17, 15) is 10.2 Å². The van der Waals surface area contributed by atoms with Gasteiger partial charge in [0.2, 0.25) is 0 Å². The van der Waals surface area contributed by atoms with Crippen molar-refractivity contribution < 1.29 is 48.6 Å². The van der Waals surface area contributed by atoms with Crippen LogP contribution in [0, 0.1) is 0 Å². The molecule has 8 N–H and O–H groups in total. The van der Waals surface area contributed by atoms with Crippen LogP contribution in [0.4, 0.5) is 0 Å². The Morgan fingerprint density at radius 1 is 0.714 bits per heavy atom. The Labute approximate surface area is 208 Å². The molecule has 35 heavy (non-hydrogen) atoms. The molecule has 0 aliphatic rings. The molecule has 0 heterocycles. The lowest BCUT2D eigenvalue weighted by molar-refractivity contribution is -0.662. The Morgan fingerprint density at radius 3 is 1.26 bits per heavy atom. The van der Waals surface area contributed by atoms with Gasteiger partial charge in [-0.3, -0.25) is 8.42 Å². The van der Waals surface area contributed by atoms with Crippen LogP contribution in [0.3, 0.4) is 0 Å². The predicted octanol–water partition coefficient (Wildman–Crippen LogP) is 0.240. The van der Waals surface area contributed by atoms with E-state index in [-0.39, 0.29) is 11.5 Å². The number of aromatic hydroxyl groups is 2. The van der Waals surface area contributed by atoms with Crippen LogP contribution in [0.1, 0.15) is 62.9 Å². The van der Waals surface area contributed by atoms with Crippen molar-refractivity contribution in [3.8, 4) is 11.5 Å². The van der Waals surface area contributed by atoms with Gasteiger partial charge in [0.1, 0.15) is 36.8 Å². The summed E-state index contributed by atoms with van der Waals surface area (Å²) in [6.07, 6.45) is 3.85. The van der Waals surface area contributed by atoms with E-state index in [4.69, 9.17) is 27.7 Å². The molecule has 2 rings (SSSR count). The average molecular weight is 517 g/mol. The molecule has 2 aromatic carbocycles. The maximum atomic E-state index is 9.80. The summed E-state index contributed by atoms with van der Waals surface area (Å²) in [6, 6.07) is 13.4. The molecule has 2 unspecified atom stereocenters. The summed E-state index contributed by atoms with van der Waals surface area (Å²) in [5.74, 6) is 0.474. The molecule has 0 radical (unpaired) electrons. The first-order valence-corrected chi connectivity index (χ1v) is 13.0. The highest BCUT2D eigenvalue weighted by Gasteiger charge is 2.09. The Kier molecular flexibility index (Phi) is 17.8. The molecule has 0 saturated heterocycles. The summed E-state index contributed by atoms with van der Waals surface area (Å²) in [4.78, 5) is 0. The minimum absolute atomic E-state index is 0.237. The summed E-state index contributed by atoms with van der Waals surface area (Å²) < 4.78 is 34.1. The van der Waals surface area contributed by atoms with Crippen molar-refractivity contribution in [2.24, 2.45) is 0 Å². The van der Waals surface area contributed by atoms with Gasteiger partial charge in [-0.2, -0.15) is 0 Å². The van der Waals surface area contributed by atoms with Gasteiger partial charge in [0.25, 0.3) is 0 Å². The van der Waals surface area contributed by atoms with E-state index in [2.05, 4.69) is 24.5 Å². The number of phenols is 2. The number of nitrogens with two attached hydrogens (primary N) is 2. The lowest BCUT2D eigenvalue weighted by Gasteiger charge is -2.09. The second-order valence-corrected chi connectivity index (χ2v) is 8.77. The molecule has 0 amide bonds. The first kappa shape index (κ1) is 32.8. The Bertz CT molecular complexity index is 810. The van der Waals surface area contributed by atoms with Crippen molar-refractivity contribution in [1.29, 1.82) is 0 Å². The highest BCUT2D eigenvalue weighted by molar-refractivity contribution is 7.79. The van der Waals surface area contributed by atoms with Crippen molar-refractivity contribution in [3.05, 3.63) is 59.7 Å². The molecule has 0 aliphatic heterocycles. The first-order chi connectivity index (χ1) is 16.5. The van der Waals surface area contributed by atoms with Crippen LogP contribution >= 0.6 is 0 Å². The summed E-state index contributed by atoms with van der Waals surface area (Å²) in [5.41, 5.74) is 1.72. The van der Waals surface area contributed by atoms with Crippen LogP contribution in [0.2, 0.25) is 0 Å². The summed E-state index contributed by atoms with van der Waals surface area (Å²) in [7, 11) is -5.17. The van der Waals surface area contributed by atoms with Crippen molar-refractivity contribution in [3.63, 3.8) is 0 Å². The van der Waals surface area contributed by atoms with Crippen LogP contribution in [-0.4, -0.2) is 64.1 Å². The van der Waals surface area contributed by atoms with Crippen molar-refractivity contribution in [2.75, 3.05) is 26.2 Å². The zero-order valence-corrected chi connectivity index (χ0v) is 21.2. The highest BCUT2D eigenvalue weighted by atomic mass is 32.3. The van der Waals surface area contributed by atoms with Gasteiger partial charge in [-0.1, -0.05) is 51.0 Å². The van der Waals surface area contributed by atoms with Crippen LogP contribution < -0.4 is 10.6 Å². The standard InChI is InChI=1S/2C12H19NO2.H2O4S/c2*1-2-3-8-13-9-12(15)10-4-6-11(14)7-5-10;1-5(2,3)4/h2*4-7,12-15H,2-3,8-9H2,1H3;(H2,1,2,3,4). The van der Waals surface area contributed by atoms with E-state index in [0.717, 1.165) is 24.2 Å². The number of rotatable bonds is 12. The van der Waals surface area contributed by atoms with Crippen LogP contribution in [0.15, 0.2) is 48.5 Å². The van der Waals surface area contributed by atoms with Gasteiger partial charge >= 0.3 is 0 Å². The zero-order valence-electron chi connectivity index (χ0n) is 20.4. The molecule has 200 valence electrons. The largest absolute Gasteiger partial charge is 0.759 e. The van der Waals surface area contributed by atoms with Crippen LogP contribution in [-0.2, 0) is 10.4 Å². The van der Waals surface area contributed by atoms with Gasteiger partial charge in [0.05, 0.1) is 13.1 Å². The molecule has 0 bridgehead atoms. The van der Waals surface area contributed by atoms with Crippen molar-refractivity contribution >= 4 is 10.4 Å². The maximum Gasteiger partial charge on any atom is 0.128 e. The van der Waals surface area contributed by atoms with E-state index >= 15 is 0 Å². The molecule has 2 aromatic rings. The fraction of sp³-hybridized carbons (Fsp3) is 0.500. The third-order valence-corrected chi connectivity index (χ3v) is 4.86. The van der Waals surface area contributed by atoms with E-state index in [1.807, 2.05) is 0 Å². The molecule has 2 atom stereocenters. The van der Waals surface area contributed by atoms with Crippen LogP contribution in [0.25, 0.3) is 0 Å². The third kappa shape index (κ3) is 19.7. The smallest absolute Gasteiger partial charge is 0.128 e. The van der Waals surface area contributed by atoms with E-state index in [0.29, 0.717) is 13.1 Å². The Balaban J connectivity index is 0.000000555. The van der Waals surface area contributed by atoms with E-state index in [1.165, 1.54) is 25.7 Å². The number of quaternary nitrogens is 2. The molecule has 10 nitrogen and oxygen atoms in total. The summed E-state index contributed by atoms with van der Waals surface area (Å²) in [6.45, 7) is 7.81. The molecular formula is C24H40N2O8S. The number of hydrogen-bond acceptors (Lipinski definition) is 8. The van der Waals surface area contributed by atoms with Gasteiger partial charge in [-0.15, -0.1) is 0 Å². The van der Waals surface area contributed by atoms with E-state index < -0.39 is 22.6 Å². The SMILES string of the molecule is CCCC[NH2+]CC(O)c1ccc(O)cc1.CCCC[NH2+]CC(O)c1ccc(O)cc1.O=S(=O)([O-])[O-]. The second-order valence-electron chi connectivity index (χ2n) is 7.96. The predicted molar refractivity (Wildman–Crippen MR) is 130 cm³/mol. The second kappa shape index (κ2) is 19.0. The van der Waals surface area contributed by atoms with Gasteiger partial charge in [0, 0.05) is 10.4 Å². The molecule has 11 heteroatoms. The molecule has 0 fully saturated rings. The lowest BCUT2D eigenvalue weighted by atomic mass is 10.1. The Hall–Kier alpha value is -2.25. The number of aliphatic hydroxyl groups excluding tert-OH is 2. The highest BCUT2D eigenvalue weighted by Crippen LogP contribution is 2.16. The topological polar surface area (TPSA) is 194 Å². The van der Waals surface area contributed by atoms with Crippen molar-refractivity contribution in [1.82, 2.24) is 0 Å². The fourth-order valence-corrected chi connectivity index (χ4v) is 2.91. The summed E-state index contributed by atoms with van der Waals surface area (Å²) in [5, 5.41) is 42.0. The lowest BCUT2D eigenvalue weighted by Crippen LogP contribution is -2.85. The molecule has 0 aromatic heterocycles. The number of unbranched alkanes of at least 4 members (excludes halogenated alkanes) is 2. The molecular weight excluding hydrogens is 476 g/mol. The van der Waals surface area contributed by atoms with E-state index in [1.54, 1.807) is 48.5 Å². The maximum absolute atomic E-state index is 9.80. The van der Waals surface area contributed by atoms with Gasteiger partial charge < -0.3 is 40.2 Å². The number of phenolic OH excluding ortho intramolecular Hbond substituents is 2. The van der Waals surface area contributed by atoms with Crippen LogP contribution in [0.5, 0.6) is 11.5 Å². The minimum Gasteiger partial charge on any atom is -0.759 e. The normalized spacial score (nSPS) is 12.5. The monoisotopic (exact) mass is 516 g/mol. The average Bonchev–Trinajstić information content (AvgIpc) is 2.79. The Morgan fingerprint density at radius 2 is 1.00 bits per heavy atom. The first-order valence-electron chi connectivity index (χ1n) is 11.7. The quantitative estimate of drug-likeness (QED) is 0.131. The van der Waals surface area contributed by atoms with Gasteiger partial charge in [0.15, 0.2) is 0 Å². The molecule has 0 saturated carbocycles. The number of benzene rings is 2. The number of aliphatic hydroxyl groups is 2. The minimum atomic E-state index is -5.17. The number of hydrogen-bond donors (Lipinski definition) is 6. The fourth-order valence-electron chi connectivity index (χ4n) is 2.91. The third-order valence-electron chi connectivity index (χ3n) is 4.86. The molecule has 0 spiro atoms.